The normalized spacial score (nSPS) is 21.6. The van der Waals surface area contributed by atoms with E-state index in [4.69, 9.17) is 4.74 Å². The number of likely N-dealkylation sites (tertiary alicyclic amines) is 2. The van der Waals surface area contributed by atoms with Gasteiger partial charge < -0.3 is 15.0 Å². The number of nitrogens with one attached hydrogen (secondary N) is 1. The topological polar surface area (TPSA) is 61.9 Å². The van der Waals surface area contributed by atoms with E-state index in [9.17, 15) is 9.59 Å². The van der Waals surface area contributed by atoms with Crippen molar-refractivity contribution in [2.45, 2.75) is 37.5 Å². The first-order valence-corrected chi connectivity index (χ1v) is 10.8. The summed E-state index contributed by atoms with van der Waals surface area (Å²) in [4.78, 5) is 30.4. The number of piperidine rings is 1. The van der Waals surface area contributed by atoms with Crippen molar-refractivity contribution in [1.29, 1.82) is 0 Å². The van der Waals surface area contributed by atoms with Crippen LogP contribution in [-0.4, -0.2) is 53.5 Å². The highest BCUT2D eigenvalue weighted by Crippen LogP contribution is 2.35. The minimum absolute atomic E-state index is 0.101. The Labute approximate surface area is 176 Å². The molecule has 3 aliphatic heterocycles. The zero-order valence-corrected chi connectivity index (χ0v) is 17.0. The highest BCUT2D eigenvalue weighted by atomic mass is 16.5. The molecule has 0 saturated carbocycles. The summed E-state index contributed by atoms with van der Waals surface area (Å²) in [5.74, 6) is 0.677. The lowest BCUT2D eigenvalue weighted by Gasteiger charge is -2.45. The van der Waals surface area contributed by atoms with Crippen molar-refractivity contribution >= 4 is 11.8 Å². The zero-order chi connectivity index (χ0) is 20.6. The summed E-state index contributed by atoms with van der Waals surface area (Å²) < 4.78 is 6.22. The van der Waals surface area contributed by atoms with Crippen LogP contribution in [-0.2, 0) is 4.79 Å². The van der Waals surface area contributed by atoms with Crippen LogP contribution in [0.25, 0.3) is 0 Å². The molecule has 5 rings (SSSR count). The number of amides is 2. The van der Waals surface area contributed by atoms with E-state index < -0.39 is 5.72 Å². The lowest BCUT2D eigenvalue weighted by atomic mass is 9.95. The van der Waals surface area contributed by atoms with Crippen LogP contribution in [0.4, 0.5) is 0 Å². The van der Waals surface area contributed by atoms with Gasteiger partial charge in [-0.05, 0) is 43.6 Å². The van der Waals surface area contributed by atoms with Crippen molar-refractivity contribution in [1.82, 2.24) is 15.1 Å². The molecular formula is C24H27N3O3. The minimum atomic E-state index is -0.724. The number of rotatable bonds is 3. The maximum absolute atomic E-state index is 13.6. The monoisotopic (exact) mass is 405 g/mol. The third-order valence-corrected chi connectivity index (χ3v) is 6.52. The molecule has 2 aromatic rings. The molecule has 30 heavy (non-hydrogen) atoms. The molecule has 3 aliphatic rings. The average molecular weight is 405 g/mol. The van der Waals surface area contributed by atoms with Crippen molar-refractivity contribution in [3.8, 4) is 5.75 Å². The molecule has 0 aliphatic carbocycles. The van der Waals surface area contributed by atoms with Gasteiger partial charge in [0.25, 0.3) is 5.91 Å². The highest BCUT2D eigenvalue weighted by Gasteiger charge is 2.44. The van der Waals surface area contributed by atoms with Gasteiger partial charge in [0, 0.05) is 25.9 Å². The van der Waals surface area contributed by atoms with Gasteiger partial charge in [-0.25, -0.2) is 0 Å². The predicted molar refractivity (Wildman–Crippen MR) is 113 cm³/mol. The molecule has 0 bridgehead atoms. The van der Waals surface area contributed by atoms with Crippen molar-refractivity contribution in [3.05, 3.63) is 65.7 Å². The van der Waals surface area contributed by atoms with Gasteiger partial charge in [-0.2, -0.15) is 0 Å². The zero-order valence-electron chi connectivity index (χ0n) is 17.0. The van der Waals surface area contributed by atoms with Crippen LogP contribution < -0.4 is 10.1 Å². The first-order chi connectivity index (χ1) is 14.7. The third-order valence-electron chi connectivity index (χ3n) is 6.52. The Morgan fingerprint density at radius 2 is 1.60 bits per heavy atom. The molecule has 1 N–H and O–H groups in total. The van der Waals surface area contributed by atoms with E-state index in [0.29, 0.717) is 37.2 Å². The Hall–Kier alpha value is -2.86. The van der Waals surface area contributed by atoms with Crippen LogP contribution >= 0.6 is 0 Å². The Kier molecular flexibility index (Phi) is 4.95. The van der Waals surface area contributed by atoms with E-state index in [0.717, 1.165) is 31.5 Å². The molecule has 0 aromatic heterocycles. The summed E-state index contributed by atoms with van der Waals surface area (Å²) in [6, 6.07) is 17.2. The lowest BCUT2D eigenvalue weighted by molar-refractivity contribution is -0.141. The predicted octanol–water partition coefficient (Wildman–Crippen LogP) is 2.96. The molecule has 0 radical (unpaired) electrons. The second-order valence-corrected chi connectivity index (χ2v) is 8.43. The van der Waals surface area contributed by atoms with E-state index in [-0.39, 0.29) is 17.9 Å². The summed E-state index contributed by atoms with van der Waals surface area (Å²) in [5.41, 5.74) is 0.901. The smallest absolute Gasteiger partial charge is 0.258 e. The number of carbonyl (C=O) groups excluding carboxylic acids is 2. The van der Waals surface area contributed by atoms with E-state index in [1.54, 1.807) is 6.07 Å². The average Bonchev–Trinajstić information content (AvgIpc) is 3.29. The van der Waals surface area contributed by atoms with Crippen molar-refractivity contribution in [2.24, 2.45) is 0 Å². The van der Waals surface area contributed by atoms with E-state index in [1.165, 1.54) is 0 Å². The first kappa shape index (κ1) is 19.1. The molecule has 1 spiro atoms. The lowest BCUT2D eigenvalue weighted by Crippen LogP contribution is -2.62. The molecule has 1 atom stereocenters. The third kappa shape index (κ3) is 3.45. The molecule has 6 nitrogen and oxygen atoms in total. The standard InChI is InChI=1S/C24H27N3O3/c28-22-19-10-4-5-11-20(19)30-24(25-22)12-16-27(17-13-24)23(29)21(26-14-6-7-15-26)18-8-2-1-3-9-18/h1-5,8-11,21H,6-7,12-17H2,(H,25,28). The van der Waals surface area contributed by atoms with Crippen LogP contribution in [0.15, 0.2) is 54.6 Å². The largest absolute Gasteiger partial charge is 0.467 e. The number of hydrogen-bond donors (Lipinski definition) is 1. The maximum atomic E-state index is 13.6. The molecule has 2 fully saturated rings. The van der Waals surface area contributed by atoms with Crippen molar-refractivity contribution < 1.29 is 14.3 Å². The van der Waals surface area contributed by atoms with E-state index in [2.05, 4.69) is 10.2 Å². The van der Waals surface area contributed by atoms with Crippen LogP contribution in [0.1, 0.15) is 47.6 Å². The van der Waals surface area contributed by atoms with Gasteiger partial charge in [0.15, 0.2) is 5.72 Å². The van der Waals surface area contributed by atoms with Gasteiger partial charge in [-0.3, -0.25) is 14.5 Å². The Morgan fingerprint density at radius 3 is 2.33 bits per heavy atom. The Morgan fingerprint density at radius 1 is 0.933 bits per heavy atom. The van der Waals surface area contributed by atoms with Gasteiger partial charge in [0.1, 0.15) is 11.8 Å². The summed E-state index contributed by atoms with van der Waals surface area (Å²) in [5, 5.41) is 3.05. The SMILES string of the molecule is O=C1NC2(CCN(C(=O)C(c3ccccc3)N3CCCC3)CC2)Oc2ccccc21. The molecule has 1 unspecified atom stereocenters. The number of para-hydroxylation sites is 1. The fourth-order valence-corrected chi connectivity index (χ4v) is 4.89. The molecular weight excluding hydrogens is 378 g/mol. The second-order valence-electron chi connectivity index (χ2n) is 8.43. The van der Waals surface area contributed by atoms with Gasteiger partial charge in [0.05, 0.1) is 5.56 Å². The summed E-state index contributed by atoms with van der Waals surface area (Å²) in [7, 11) is 0. The number of fused-ring (bicyclic) bond motifs is 1. The summed E-state index contributed by atoms with van der Waals surface area (Å²) in [6.07, 6.45) is 3.44. The van der Waals surface area contributed by atoms with Crippen LogP contribution in [0, 0.1) is 0 Å². The van der Waals surface area contributed by atoms with E-state index in [1.807, 2.05) is 53.4 Å². The van der Waals surface area contributed by atoms with Crippen LogP contribution in [0.3, 0.4) is 0 Å². The highest BCUT2D eigenvalue weighted by molar-refractivity contribution is 5.98. The molecule has 6 heteroatoms. The number of hydrogen-bond acceptors (Lipinski definition) is 4. The van der Waals surface area contributed by atoms with Crippen LogP contribution in [0.5, 0.6) is 5.75 Å². The number of carbonyl (C=O) groups is 2. The number of benzene rings is 2. The van der Waals surface area contributed by atoms with Gasteiger partial charge >= 0.3 is 0 Å². The van der Waals surface area contributed by atoms with E-state index >= 15 is 0 Å². The van der Waals surface area contributed by atoms with Gasteiger partial charge in [-0.15, -0.1) is 0 Å². The second kappa shape index (κ2) is 7.76. The fourth-order valence-electron chi connectivity index (χ4n) is 4.89. The quantitative estimate of drug-likeness (QED) is 0.853. The summed E-state index contributed by atoms with van der Waals surface area (Å²) in [6.45, 7) is 3.05. The molecule has 2 aromatic carbocycles. The molecule has 156 valence electrons. The van der Waals surface area contributed by atoms with Gasteiger partial charge in [0.2, 0.25) is 5.91 Å². The van der Waals surface area contributed by atoms with Crippen LogP contribution in [0.2, 0.25) is 0 Å². The maximum Gasteiger partial charge on any atom is 0.258 e. The first-order valence-electron chi connectivity index (χ1n) is 10.8. The van der Waals surface area contributed by atoms with Gasteiger partial charge in [-0.1, -0.05) is 42.5 Å². The molecule has 2 amide bonds. The number of ether oxygens (including phenoxy) is 1. The Bertz CT molecular complexity index is 932. The molecule has 3 heterocycles. The summed E-state index contributed by atoms with van der Waals surface area (Å²) >= 11 is 0. The number of nitrogens with zero attached hydrogens (tertiary/aromatic N) is 2. The molecule has 2 saturated heterocycles. The van der Waals surface area contributed by atoms with Crippen molar-refractivity contribution in [2.75, 3.05) is 26.2 Å². The fraction of sp³-hybridized carbons (Fsp3) is 0.417. The minimum Gasteiger partial charge on any atom is -0.467 e. The Balaban J connectivity index is 1.32. The van der Waals surface area contributed by atoms with Crippen molar-refractivity contribution in [3.63, 3.8) is 0 Å².